The molecule has 1 aromatic heterocycles. The minimum absolute atomic E-state index is 0.291. The SMILES string of the molecule is COC(C)CNC1CCN(c2ccccn2)CC1. The van der Waals surface area contributed by atoms with Crippen molar-refractivity contribution < 1.29 is 4.74 Å². The first-order valence-electron chi connectivity index (χ1n) is 6.71. The zero-order valence-electron chi connectivity index (χ0n) is 11.3. The highest BCUT2D eigenvalue weighted by Gasteiger charge is 2.19. The highest BCUT2D eigenvalue weighted by atomic mass is 16.5. The molecule has 2 rings (SSSR count). The van der Waals surface area contributed by atoms with Gasteiger partial charge < -0.3 is 15.0 Å². The molecule has 1 aromatic rings. The molecular formula is C14H23N3O. The number of anilines is 1. The van der Waals surface area contributed by atoms with Crippen molar-refractivity contribution in [1.29, 1.82) is 0 Å². The monoisotopic (exact) mass is 249 g/mol. The quantitative estimate of drug-likeness (QED) is 0.861. The van der Waals surface area contributed by atoms with Crippen molar-refractivity contribution in [1.82, 2.24) is 10.3 Å². The van der Waals surface area contributed by atoms with Gasteiger partial charge in [0.25, 0.3) is 0 Å². The summed E-state index contributed by atoms with van der Waals surface area (Å²) in [6.07, 6.45) is 4.50. The van der Waals surface area contributed by atoms with Crippen LogP contribution in [-0.2, 0) is 4.74 Å². The highest BCUT2D eigenvalue weighted by molar-refractivity contribution is 5.38. The predicted molar refractivity (Wildman–Crippen MR) is 73.9 cm³/mol. The average Bonchev–Trinajstić information content (AvgIpc) is 2.46. The van der Waals surface area contributed by atoms with E-state index in [4.69, 9.17) is 4.74 Å². The molecule has 0 aromatic carbocycles. The van der Waals surface area contributed by atoms with E-state index in [0.29, 0.717) is 12.1 Å². The van der Waals surface area contributed by atoms with Gasteiger partial charge in [-0.3, -0.25) is 0 Å². The Morgan fingerprint density at radius 1 is 1.44 bits per heavy atom. The summed E-state index contributed by atoms with van der Waals surface area (Å²) in [7, 11) is 1.76. The van der Waals surface area contributed by atoms with E-state index in [2.05, 4.69) is 28.2 Å². The summed E-state index contributed by atoms with van der Waals surface area (Å²) in [5.74, 6) is 1.10. The second kappa shape index (κ2) is 6.71. The molecule has 0 spiro atoms. The summed E-state index contributed by atoms with van der Waals surface area (Å²) in [5, 5.41) is 3.57. The summed E-state index contributed by atoms with van der Waals surface area (Å²) in [4.78, 5) is 6.76. The van der Waals surface area contributed by atoms with Gasteiger partial charge in [0.1, 0.15) is 5.82 Å². The van der Waals surface area contributed by atoms with Gasteiger partial charge in [0.2, 0.25) is 0 Å². The molecule has 1 saturated heterocycles. The fourth-order valence-corrected chi connectivity index (χ4v) is 2.27. The van der Waals surface area contributed by atoms with Gasteiger partial charge in [-0.25, -0.2) is 4.98 Å². The zero-order chi connectivity index (χ0) is 12.8. The van der Waals surface area contributed by atoms with E-state index >= 15 is 0 Å². The molecule has 4 heteroatoms. The van der Waals surface area contributed by atoms with E-state index in [1.165, 1.54) is 12.8 Å². The first-order chi connectivity index (χ1) is 8.79. The molecule has 1 atom stereocenters. The smallest absolute Gasteiger partial charge is 0.128 e. The Morgan fingerprint density at radius 3 is 2.83 bits per heavy atom. The fourth-order valence-electron chi connectivity index (χ4n) is 2.27. The average molecular weight is 249 g/mol. The lowest BCUT2D eigenvalue weighted by Gasteiger charge is -2.33. The molecule has 1 unspecified atom stereocenters. The Balaban J connectivity index is 1.75. The van der Waals surface area contributed by atoms with Gasteiger partial charge >= 0.3 is 0 Å². The summed E-state index contributed by atoms with van der Waals surface area (Å²) in [5.41, 5.74) is 0. The maximum absolute atomic E-state index is 5.25. The largest absolute Gasteiger partial charge is 0.380 e. The zero-order valence-corrected chi connectivity index (χ0v) is 11.3. The number of rotatable bonds is 5. The third-order valence-electron chi connectivity index (χ3n) is 3.56. The van der Waals surface area contributed by atoms with E-state index in [1.807, 2.05) is 18.3 Å². The van der Waals surface area contributed by atoms with Crippen LogP contribution in [0.2, 0.25) is 0 Å². The molecule has 18 heavy (non-hydrogen) atoms. The number of methoxy groups -OCH3 is 1. The third kappa shape index (κ3) is 3.68. The highest BCUT2D eigenvalue weighted by Crippen LogP contribution is 2.17. The number of pyridine rings is 1. The van der Waals surface area contributed by atoms with Crippen LogP contribution in [-0.4, -0.2) is 43.9 Å². The molecule has 0 amide bonds. The molecule has 2 heterocycles. The lowest BCUT2D eigenvalue weighted by molar-refractivity contribution is 0.113. The van der Waals surface area contributed by atoms with E-state index in [0.717, 1.165) is 25.5 Å². The van der Waals surface area contributed by atoms with Gasteiger partial charge in [-0.15, -0.1) is 0 Å². The summed E-state index contributed by atoms with van der Waals surface area (Å²) in [6, 6.07) is 6.71. The number of piperidine rings is 1. The van der Waals surface area contributed by atoms with Gasteiger partial charge in [0, 0.05) is 39.0 Å². The second-order valence-electron chi connectivity index (χ2n) is 4.90. The summed E-state index contributed by atoms with van der Waals surface area (Å²) >= 11 is 0. The van der Waals surface area contributed by atoms with E-state index in [1.54, 1.807) is 7.11 Å². The number of hydrogen-bond donors (Lipinski definition) is 1. The third-order valence-corrected chi connectivity index (χ3v) is 3.56. The van der Waals surface area contributed by atoms with Crippen LogP contribution in [0.15, 0.2) is 24.4 Å². The molecule has 4 nitrogen and oxygen atoms in total. The van der Waals surface area contributed by atoms with Gasteiger partial charge in [-0.1, -0.05) is 6.07 Å². The standard InChI is InChI=1S/C14H23N3O/c1-12(18-2)11-16-13-6-9-17(10-7-13)14-5-3-4-8-15-14/h3-5,8,12-13,16H,6-7,9-11H2,1-2H3. The van der Waals surface area contributed by atoms with Gasteiger partial charge in [0.05, 0.1) is 6.10 Å². The molecule has 1 fully saturated rings. The van der Waals surface area contributed by atoms with Crippen LogP contribution < -0.4 is 10.2 Å². The van der Waals surface area contributed by atoms with Crippen LogP contribution in [0.1, 0.15) is 19.8 Å². The van der Waals surface area contributed by atoms with Crippen LogP contribution in [0.5, 0.6) is 0 Å². The Kier molecular flexibility index (Phi) is 4.96. The summed E-state index contributed by atoms with van der Waals surface area (Å²) < 4.78 is 5.25. The van der Waals surface area contributed by atoms with Crippen LogP contribution >= 0.6 is 0 Å². The first kappa shape index (κ1) is 13.3. The molecule has 0 saturated carbocycles. The van der Waals surface area contributed by atoms with Crippen molar-refractivity contribution in [2.45, 2.75) is 31.9 Å². The molecule has 1 aliphatic rings. The predicted octanol–water partition coefficient (Wildman–Crippen LogP) is 1.67. The normalized spacial score (nSPS) is 18.9. The minimum Gasteiger partial charge on any atom is -0.380 e. The van der Waals surface area contributed by atoms with Crippen molar-refractivity contribution in [2.24, 2.45) is 0 Å². The number of aromatic nitrogens is 1. The Labute approximate surface area is 109 Å². The molecule has 0 bridgehead atoms. The number of nitrogens with zero attached hydrogens (tertiary/aromatic N) is 2. The maximum Gasteiger partial charge on any atom is 0.128 e. The van der Waals surface area contributed by atoms with E-state index < -0.39 is 0 Å². The molecular weight excluding hydrogens is 226 g/mol. The molecule has 0 aliphatic carbocycles. The van der Waals surface area contributed by atoms with E-state index in [-0.39, 0.29) is 0 Å². The van der Waals surface area contributed by atoms with Crippen molar-refractivity contribution in [3.63, 3.8) is 0 Å². The number of ether oxygens (including phenoxy) is 1. The number of nitrogens with one attached hydrogen (secondary N) is 1. The fraction of sp³-hybridized carbons (Fsp3) is 0.643. The molecule has 100 valence electrons. The van der Waals surface area contributed by atoms with Crippen LogP contribution in [0.25, 0.3) is 0 Å². The van der Waals surface area contributed by atoms with Gasteiger partial charge in [-0.2, -0.15) is 0 Å². The van der Waals surface area contributed by atoms with E-state index in [9.17, 15) is 0 Å². The molecule has 1 N–H and O–H groups in total. The van der Waals surface area contributed by atoms with Crippen molar-refractivity contribution in [2.75, 3.05) is 31.6 Å². The number of hydrogen-bond acceptors (Lipinski definition) is 4. The second-order valence-corrected chi connectivity index (χ2v) is 4.90. The van der Waals surface area contributed by atoms with Crippen molar-refractivity contribution >= 4 is 5.82 Å². The van der Waals surface area contributed by atoms with Crippen LogP contribution in [0, 0.1) is 0 Å². The lowest BCUT2D eigenvalue weighted by Crippen LogP contribution is -2.44. The minimum atomic E-state index is 0.291. The lowest BCUT2D eigenvalue weighted by atomic mass is 10.0. The maximum atomic E-state index is 5.25. The van der Waals surface area contributed by atoms with Crippen LogP contribution in [0.4, 0.5) is 5.82 Å². The Morgan fingerprint density at radius 2 is 2.22 bits per heavy atom. The first-order valence-corrected chi connectivity index (χ1v) is 6.71. The Bertz CT molecular complexity index is 336. The van der Waals surface area contributed by atoms with Gasteiger partial charge in [-0.05, 0) is 31.9 Å². The molecule has 1 aliphatic heterocycles. The van der Waals surface area contributed by atoms with Crippen LogP contribution in [0.3, 0.4) is 0 Å². The van der Waals surface area contributed by atoms with Gasteiger partial charge in [0.15, 0.2) is 0 Å². The topological polar surface area (TPSA) is 37.4 Å². The summed E-state index contributed by atoms with van der Waals surface area (Å²) in [6.45, 7) is 5.19. The van der Waals surface area contributed by atoms with Crippen molar-refractivity contribution in [3.8, 4) is 0 Å². The Hall–Kier alpha value is -1.13. The van der Waals surface area contributed by atoms with Crippen molar-refractivity contribution in [3.05, 3.63) is 24.4 Å². The molecule has 0 radical (unpaired) electrons.